The van der Waals surface area contributed by atoms with Crippen LogP contribution in [0.15, 0.2) is 31.5 Å². The van der Waals surface area contributed by atoms with Crippen molar-refractivity contribution in [1.82, 2.24) is 19.5 Å². The minimum Gasteiger partial charge on any atom is -0.274 e. The molecule has 2 aromatic heterocycles. The van der Waals surface area contributed by atoms with Gasteiger partial charge in [-0.15, -0.1) is 0 Å². The van der Waals surface area contributed by atoms with E-state index in [2.05, 4.69) is 21.5 Å². The third-order valence-electron chi connectivity index (χ3n) is 2.00. The van der Waals surface area contributed by atoms with E-state index in [1.165, 1.54) is 12.4 Å². The van der Waals surface area contributed by atoms with E-state index >= 15 is 0 Å². The molecule has 2 rings (SSSR count). The van der Waals surface area contributed by atoms with Gasteiger partial charge in [-0.1, -0.05) is 12.7 Å². The summed E-state index contributed by atoms with van der Waals surface area (Å²) in [6.45, 7) is 3.52. The largest absolute Gasteiger partial charge is 0.434 e. The number of hydrogen-bond acceptors (Lipinski definition) is 3. The van der Waals surface area contributed by atoms with Crippen molar-refractivity contribution in [3.63, 3.8) is 0 Å². The second-order valence-corrected chi connectivity index (χ2v) is 3.18. The molecule has 0 radical (unpaired) electrons. The van der Waals surface area contributed by atoms with Crippen molar-refractivity contribution in [3.05, 3.63) is 42.8 Å². The zero-order valence-corrected chi connectivity index (χ0v) is 8.52. The van der Waals surface area contributed by atoms with Gasteiger partial charge in [0.25, 0.3) is 0 Å². The molecule has 0 fully saturated rings. The van der Waals surface area contributed by atoms with E-state index in [0.717, 1.165) is 17.1 Å². The molecule has 0 unspecified atom stereocenters. The number of hydrogen-bond donors (Lipinski definition) is 0. The van der Waals surface area contributed by atoms with Crippen LogP contribution in [0, 0.1) is 0 Å². The Morgan fingerprint density at radius 1 is 1.18 bits per heavy atom. The summed E-state index contributed by atoms with van der Waals surface area (Å²) in [6.07, 6.45) is 1.85. The molecule has 0 aliphatic rings. The lowest BCUT2D eigenvalue weighted by atomic mass is 10.3. The lowest BCUT2D eigenvalue weighted by Crippen LogP contribution is -2.05. The highest BCUT2D eigenvalue weighted by Crippen LogP contribution is 2.27. The van der Waals surface area contributed by atoms with Crippen molar-refractivity contribution in [1.29, 1.82) is 0 Å². The number of halogens is 3. The van der Waals surface area contributed by atoms with E-state index in [1.807, 2.05) is 0 Å². The maximum absolute atomic E-state index is 12.3. The van der Waals surface area contributed by atoms with Gasteiger partial charge in [-0.2, -0.15) is 13.2 Å². The molecule has 0 aliphatic carbocycles. The van der Waals surface area contributed by atoms with Gasteiger partial charge in [0.15, 0.2) is 5.69 Å². The molecule has 17 heavy (non-hydrogen) atoms. The van der Waals surface area contributed by atoms with Gasteiger partial charge in [0.2, 0.25) is 5.95 Å². The van der Waals surface area contributed by atoms with Crippen LogP contribution in [0.3, 0.4) is 0 Å². The predicted molar refractivity (Wildman–Crippen MR) is 54.2 cm³/mol. The molecule has 2 heterocycles. The summed E-state index contributed by atoms with van der Waals surface area (Å²) in [7, 11) is 0. The smallest absolute Gasteiger partial charge is 0.274 e. The van der Waals surface area contributed by atoms with E-state index in [9.17, 15) is 13.2 Å². The molecular formula is C10H7F3N4. The highest BCUT2D eigenvalue weighted by Gasteiger charge is 2.33. The molecule has 0 spiro atoms. The molecule has 0 amide bonds. The molecule has 0 saturated carbocycles. The van der Waals surface area contributed by atoms with Gasteiger partial charge in [0.1, 0.15) is 6.33 Å². The molecule has 88 valence electrons. The number of nitrogens with zero attached hydrogens (tertiary/aromatic N) is 4. The van der Waals surface area contributed by atoms with Crippen LogP contribution in [0.5, 0.6) is 0 Å². The summed E-state index contributed by atoms with van der Waals surface area (Å²) in [4.78, 5) is 11.0. The summed E-state index contributed by atoms with van der Waals surface area (Å²) in [6, 6.07) is 0. The van der Waals surface area contributed by atoms with Gasteiger partial charge in [-0.05, 0) is 0 Å². The number of imidazole rings is 1. The molecule has 2 aromatic rings. The fraction of sp³-hybridized carbons (Fsp3) is 0.100. The maximum atomic E-state index is 12.3. The first kappa shape index (κ1) is 11.3. The van der Waals surface area contributed by atoms with Gasteiger partial charge >= 0.3 is 6.18 Å². The van der Waals surface area contributed by atoms with Crippen LogP contribution < -0.4 is 0 Å². The minimum atomic E-state index is -4.47. The minimum absolute atomic E-state index is 0.124. The Hall–Kier alpha value is -2.18. The first-order valence-corrected chi connectivity index (χ1v) is 4.57. The maximum Gasteiger partial charge on any atom is 0.434 e. The second-order valence-electron chi connectivity index (χ2n) is 3.18. The number of aromatic nitrogens is 4. The summed E-state index contributed by atoms with van der Waals surface area (Å²) >= 11 is 0. The van der Waals surface area contributed by atoms with E-state index in [4.69, 9.17) is 0 Å². The highest BCUT2D eigenvalue weighted by molar-refractivity contribution is 5.43. The Bertz CT molecular complexity index is 527. The molecule has 0 N–H and O–H groups in total. The molecule has 0 saturated heterocycles. The third kappa shape index (κ3) is 2.32. The summed E-state index contributed by atoms with van der Waals surface area (Å²) in [5, 5.41) is 0. The van der Waals surface area contributed by atoms with Crippen LogP contribution in [-0.2, 0) is 6.18 Å². The van der Waals surface area contributed by atoms with Crippen molar-refractivity contribution in [2.45, 2.75) is 6.18 Å². The fourth-order valence-electron chi connectivity index (χ4n) is 1.15. The Balaban J connectivity index is 2.33. The number of rotatable bonds is 2. The third-order valence-corrected chi connectivity index (χ3v) is 2.00. The van der Waals surface area contributed by atoms with E-state index in [1.54, 1.807) is 6.08 Å². The van der Waals surface area contributed by atoms with Crippen LogP contribution in [-0.4, -0.2) is 19.5 Å². The van der Waals surface area contributed by atoms with E-state index in [-0.39, 0.29) is 5.95 Å². The van der Waals surface area contributed by atoms with Crippen LogP contribution in [0.1, 0.15) is 11.3 Å². The quantitative estimate of drug-likeness (QED) is 0.809. The molecule has 7 heteroatoms. The average Bonchev–Trinajstić information content (AvgIpc) is 2.78. The molecule has 0 bridgehead atoms. The van der Waals surface area contributed by atoms with Crippen LogP contribution >= 0.6 is 0 Å². The standard InChI is InChI=1S/C10H7F3N4/c1-2-7-3-14-9(15-4-7)17-5-8(16-6-17)10(11,12)13/h2-6H,1H2. The number of alkyl halides is 3. The van der Waals surface area contributed by atoms with Crippen molar-refractivity contribution < 1.29 is 13.2 Å². The van der Waals surface area contributed by atoms with E-state index < -0.39 is 11.9 Å². The van der Waals surface area contributed by atoms with Crippen molar-refractivity contribution in [2.75, 3.05) is 0 Å². The van der Waals surface area contributed by atoms with E-state index in [0.29, 0.717) is 5.56 Å². The molecule has 0 aliphatic heterocycles. The molecule has 0 atom stereocenters. The van der Waals surface area contributed by atoms with Crippen molar-refractivity contribution >= 4 is 6.08 Å². The first-order chi connectivity index (χ1) is 8.00. The van der Waals surface area contributed by atoms with Crippen LogP contribution in [0.2, 0.25) is 0 Å². The van der Waals surface area contributed by atoms with Crippen molar-refractivity contribution in [2.24, 2.45) is 0 Å². The molecule has 4 nitrogen and oxygen atoms in total. The Morgan fingerprint density at radius 3 is 2.29 bits per heavy atom. The second kappa shape index (κ2) is 4.00. The molecular weight excluding hydrogens is 233 g/mol. The zero-order valence-electron chi connectivity index (χ0n) is 8.52. The fourth-order valence-corrected chi connectivity index (χ4v) is 1.15. The monoisotopic (exact) mass is 240 g/mol. The summed E-state index contributed by atoms with van der Waals surface area (Å²) < 4.78 is 38.0. The van der Waals surface area contributed by atoms with Gasteiger partial charge in [-0.3, -0.25) is 4.57 Å². The van der Waals surface area contributed by atoms with Gasteiger partial charge in [0.05, 0.1) is 0 Å². The van der Waals surface area contributed by atoms with Gasteiger partial charge in [0, 0.05) is 24.2 Å². The summed E-state index contributed by atoms with van der Waals surface area (Å²) in [5.74, 6) is 0.124. The van der Waals surface area contributed by atoms with Gasteiger partial charge < -0.3 is 0 Å². The van der Waals surface area contributed by atoms with Crippen LogP contribution in [0.4, 0.5) is 13.2 Å². The lowest BCUT2D eigenvalue weighted by Gasteiger charge is -2.01. The normalized spacial score (nSPS) is 11.5. The topological polar surface area (TPSA) is 43.6 Å². The average molecular weight is 240 g/mol. The van der Waals surface area contributed by atoms with Crippen molar-refractivity contribution in [3.8, 4) is 5.95 Å². The van der Waals surface area contributed by atoms with Gasteiger partial charge in [-0.25, -0.2) is 15.0 Å². The lowest BCUT2D eigenvalue weighted by molar-refractivity contribution is -0.140. The SMILES string of the molecule is C=Cc1cnc(-n2cnc(C(F)(F)F)c2)nc1. The Labute approximate surface area is 94.5 Å². The summed E-state index contributed by atoms with van der Waals surface area (Å²) in [5.41, 5.74) is -0.293. The molecule has 0 aromatic carbocycles. The van der Waals surface area contributed by atoms with Crippen LogP contribution in [0.25, 0.3) is 12.0 Å². The predicted octanol–water partition coefficient (Wildman–Crippen LogP) is 2.32. The Morgan fingerprint density at radius 2 is 1.82 bits per heavy atom. The Kier molecular flexibility index (Phi) is 2.66. The highest BCUT2D eigenvalue weighted by atomic mass is 19.4. The zero-order chi connectivity index (χ0) is 12.5. The first-order valence-electron chi connectivity index (χ1n) is 4.57.